The van der Waals surface area contributed by atoms with Gasteiger partial charge in [-0.3, -0.25) is 0 Å². The summed E-state index contributed by atoms with van der Waals surface area (Å²) in [5, 5.41) is 3.62. The summed E-state index contributed by atoms with van der Waals surface area (Å²) >= 11 is 0. The van der Waals surface area contributed by atoms with Crippen LogP contribution in [0.25, 0.3) is 0 Å². The van der Waals surface area contributed by atoms with Crippen LogP contribution in [0.2, 0.25) is 0 Å². The molecule has 2 unspecified atom stereocenters. The Morgan fingerprint density at radius 2 is 1.85 bits per heavy atom. The Labute approximate surface area is 124 Å². The Hall–Kier alpha value is -0.860. The number of ether oxygens (including phenoxy) is 1. The largest absolute Gasteiger partial charge is 0.376 e. The van der Waals surface area contributed by atoms with Crippen molar-refractivity contribution < 1.29 is 4.74 Å². The summed E-state index contributed by atoms with van der Waals surface area (Å²) < 4.78 is 6.04. The molecule has 0 heterocycles. The highest BCUT2D eigenvalue weighted by atomic mass is 16.5. The van der Waals surface area contributed by atoms with Crippen molar-refractivity contribution in [2.24, 2.45) is 5.92 Å². The molecule has 0 amide bonds. The maximum Gasteiger partial charge on any atom is 0.0665 e. The van der Waals surface area contributed by atoms with Crippen molar-refractivity contribution >= 4 is 0 Å². The third kappa shape index (κ3) is 5.26. The smallest absolute Gasteiger partial charge is 0.0665 e. The highest BCUT2D eigenvalue weighted by Crippen LogP contribution is 2.20. The predicted octanol–water partition coefficient (Wildman–Crippen LogP) is 4.41. The zero-order valence-corrected chi connectivity index (χ0v) is 14.0. The van der Waals surface area contributed by atoms with Gasteiger partial charge < -0.3 is 10.1 Å². The van der Waals surface area contributed by atoms with Gasteiger partial charge in [-0.25, -0.2) is 0 Å². The fourth-order valence-electron chi connectivity index (χ4n) is 2.23. The number of hydrogen-bond donors (Lipinski definition) is 1. The minimum atomic E-state index is 0.289. The first-order valence-electron chi connectivity index (χ1n) is 7.87. The minimum Gasteiger partial charge on any atom is -0.376 e. The molecule has 2 heteroatoms. The normalized spacial score (nSPS) is 14.6. The van der Waals surface area contributed by atoms with Crippen LogP contribution in [0.3, 0.4) is 0 Å². The van der Waals surface area contributed by atoms with E-state index in [9.17, 15) is 0 Å². The molecule has 20 heavy (non-hydrogen) atoms. The van der Waals surface area contributed by atoms with E-state index in [0.29, 0.717) is 12.0 Å². The van der Waals surface area contributed by atoms with E-state index in [2.05, 4.69) is 65.1 Å². The highest BCUT2D eigenvalue weighted by Gasteiger charge is 2.16. The van der Waals surface area contributed by atoms with Crippen LogP contribution in [-0.2, 0) is 4.74 Å². The lowest BCUT2D eigenvalue weighted by atomic mass is 9.99. The van der Waals surface area contributed by atoms with Crippen LogP contribution in [0.1, 0.15) is 56.8 Å². The number of aryl methyl sites for hydroxylation is 2. The van der Waals surface area contributed by atoms with Gasteiger partial charge >= 0.3 is 0 Å². The maximum atomic E-state index is 6.04. The van der Waals surface area contributed by atoms with Crippen LogP contribution in [0.5, 0.6) is 0 Å². The molecule has 0 spiro atoms. The van der Waals surface area contributed by atoms with Crippen LogP contribution >= 0.6 is 0 Å². The Kier molecular flexibility index (Phi) is 7.25. The van der Waals surface area contributed by atoms with Gasteiger partial charge in [0.05, 0.1) is 18.8 Å². The quantitative estimate of drug-likeness (QED) is 0.760. The lowest BCUT2D eigenvalue weighted by Crippen LogP contribution is -2.29. The van der Waals surface area contributed by atoms with E-state index in [0.717, 1.165) is 19.6 Å². The first kappa shape index (κ1) is 17.2. The molecule has 1 rings (SSSR count). The predicted molar refractivity (Wildman–Crippen MR) is 87.2 cm³/mol. The third-order valence-corrected chi connectivity index (χ3v) is 3.91. The summed E-state index contributed by atoms with van der Waals surface area (Å²) in [6, 6.07) is 6.97. The van der Waals surface area contributed by atoms with Crippen molar-refractivity contribution in [2.45, 2.75) is 60.1 Å². The molecule has 0 saturated carbocycles. The molecule has 0 aliphatic rings. The molecule has 0 aliphatic carbocycles. The Bertz CT molecular complexity index is 400. The molecule has 1 N–H and O–H groups in total. The van der Waals surface area contributed by atoms with Crippen molar-refractivity contribution in [3.05, 3.63) is 34.9 Å². The molecule has 114 valence electrons. The summed E-state index contributed by atoms with van der Waals surface area (Å²) in [6.07, 6.45) is 1.44. The lowest BCUT2D eigenvalue weighted by Gasteiger charge is -2.24. The molecule has 0 aromatic heterocycles. The molecule has 2 atom stereocenters. The maximum absolute atomic E-state index is 6.04. The fraction of sp³-hybridized carbons (Fsp3) is 0.667. The van der Waals surface area contributed by atoms with Gasteiger partial charge in [0.2, 0.25) is 0 Å². The van der Waals surface area contributed by atoms with Crippen molar-refractivity contribution in [3.63, 3.8) is 0 Å². The average Bonchev–Trinajstić information content (AvgIpc) is 2.39. The van der Waals surface area contributed by atoms with Crippen molar-refractivity contribution in [3.8, 4) is 0 Å². The van der Waals surface area contributed by atoms with Gasteiger partial charge in [0.15, 0.2) is 0 Å². The monoisotopic (exact) mass is 277 g/mol. The third-order valence-electron chi connectivity index (χ3n) is 3.91. The van der Waals surface area contributed by atoms with Gasteiger partial charge in [-0.05, 0) is 50.8 Å². The Balaban J connectivity index is 2.77. The van der Waals surface area contributed by atoms with Crippen LogP contribution in [-0.4, -0.2) is 19.3 Å². The molecule has 0 fully saturated rings. The van der Waals surface area contributed by atoms with Gasteiger partial charge in [0.25, 0.3) is 0 Å². The van der Waals surface area contributed by atoms with E-state index in [1.807, 2.05) is 0 Å². The summed E-state index contributed by atoms with van der Waals surface area (Å²) in [6.45, 7) is 14.9. The number of benzene rings is 1. The van der Waals surface area contributed by atoms with E-state index >= 15 is 0 Å². The molecule has 1 aromatic rings. The number of rotatable bonds is 8. The average molecular weight is 277 g/mol. The van der Waals surface area contributed by atoms with E-state index in [1.165, 1.54) is 16.7 Å². The van der Waals surface area contributed by atoms with Crippen LogP contribution in [0.4, 0.5) is 0 Å². The SMILES string of the molecule is CCCNC(COC(C)C(C)C)c1ccc(C)cc1C. The fourth-order valence-corrected chi connectivity index (χ4v) is 2.23. The Morgan fingerprint density at radius 1 is 1.15 bits per heavy atom. The lowest BCUT2D eigenvalue weighted by molar-refractivity contribution is 0.0217. The molecule has 0 radical (unpaired) electrons. The molecule has 1 aromatic carbocycles. The summed E-state index contributed by atoms with van der Waals surface area (Å²) in [7, 11) is 0. The van der Waals surface area contributed by atoms with E-state index in [-0.39, 0.29) is 6.04 Å². The van der Waals surface area contributed by atoms with Gasteiger partial charge in [-0.1, -0.05) is 44.5 Å². The summed E-state index contributed by atoms with van der Waals surface area (Å²) in [5.74, 6) is 0.556. The molecule has 0 bridgehead atoms. The second-order valence-corrected chi connectivity index (χ2v) is 6.15. The van der Waals surface area contributed by atoms with Gasteiger partial charge in [-0.2, -0.15) is 0 Å². The Morgan fingerprint density at radius 3 is 2.40 bits per heavy atom. The zero-order valence-electron chi connectivity index (χ0n) is 14.0. The first-order valence-corrected chi connectivity index (χ1v) is 7.87. The van der Waals surface area contributed by atoms with Crippen molar-refractivity contribution in [1.29, 1.82) is 0 Å². The molecule has 0 saturated heterocycles. The van der Waals surface area contributed by atoms with Crippen molar-refractivity contribution in [2.75, 3.05) is 13.2 Å². The summed E-state index contributed by atoms with van der Waals surface area (Å²) in [5.41, 5.74) is 4.02. The van der Waals surface area contributed by atoms with Gasteiger partial charge in [-0.15, -0.1) is 0 Å². The minimum absolute atomic E-state index is 0.289. The summed E-state index contributed by atoms with van der Waals surface area (Å²) in [4.78, 5) is 0. The van der Waals surface area contributed by atoms with E-state index in [1.54, 1.807) is 0 Å². The molecule has 0 aliphatic heterocycles. The molecular weight excluding hydrogens is 246 g/mol. The second-order valence-electron chi connectivity index (χ2n) is 6.15. The van der Waals surface area contributed by atoms with Crippen LogP contribution < -0.4 is 5.32 Å². The van der Waals surface area contributed by atoms with Gasteiger partial charge in [0.1, 0.15) is 0 Å². The van der Waals surface area contributed by atoms with Crippen molar-refractivity contribution in [1.82, 2.24) is 5.32 Å². The van der Waals surface area contributed by atoms with Crippen LogP contribution in [0, 0.1) is 19.8 Å². The standard InChI is InChI=1S/C18H31NO/c1-7-10-19-18(12-20-16(6)13(2)3)17-9-8-14(4)11-15(17)5/h8-9,11,13,16,18-19H,7,10,12H2,1-6H3. The second kappa shape index (κ2) is 8.43. The van der Waals surface area contributed by atoms with Gasteiger partial charge in [0, 0.05) is 0 Å². The van der Waals surface area contributed by atoms with Crippen LogP contribution in [0.15, 0.2) is 18.2 Å². The zero-order chi connectivity index (χ0) is 15.1. The number of hydrogen-bond acceptors (Lipinski definition) is 2. The molecule has 2 nitrogen and oxygen atoms in total. The highest BCUT2D eigenvalue weighted by molar-refractivity contribution is 5.32. The van der Waals surface area contributed by atoms with E-state index in [4.69, 9.17) is 4.74 Å². The van der Waals surface area contributed by atoms with E-state index < -0.39 is 0 Å². The first-order chi connectivity index (χ1) is 9.45. The molecular formula is C18H31NO. The number of nitrogens with one attached hydrogen (secondary N) is 1. The topological polar surface area (TPSA) is 21.3 Å².